The number of thiophene rings is 1. The lowest BCUT2D eigenvalue weighted by molar-refractivity contribution is -0.143. The maximum absolute atomic E-state index is 13.3. The van der Waals surface area contributed by atoms with E-state index in [2.05, 4.69) is 34.2 Å². The number of piperidine rings is 1. The van der Waals surface area contributed by atoms with Crippen LogP contribution >= 0.6 is 11.3 Å². The Morgan fingerprint density at radius 1 is 1.26 bits per heavy atom. The number of hydrogen-bond donors (Lipinski definition) is 2. The van der Waals surface area contributed by atoms with E-state index in [0.29, 0.717) is 38.9 Å². The number of carbonyl (C=O) groups excluding carboxylic acids is 3. The number of amides is 3. The molecule has 0 unspecified atom stereocenters. The first-order chi connectivity index (χ1) is 15.0. The summed E-state index contributed by atoms with van der Waals surface area (Å²) in [6.07, 6.45) is 3.00. The fourth-order valence-corrected chi connectivity index (χ4v) is 5.60. The molecule has 2 atom stereocenters. The number of nitrogens with one attached hydrogen (secondary N) is 2. The number of hydrogen-bond acceptors (Lipinski definition) is 4. The Bertz CT molecular complexity index is 959. The molecule has 164 valence electrons. The summed E-state index contributed by atoms with van der Waals surface area (Å²) in [5.74, 6) is -0.134. The molecule has 0 aliphatic carbocycles. The molecule has 6 nitrogen and oxygen atoms in total. The Hall–Kier alpha value is -2.67. The molecule has 2 N–H and O–H groups in total. The van der Waals surface area contributed by atoms with Gasteiger partial charge in [0, 0.05) is 30.9 Å². The topological polar surface area (TPSA) is 78.5 Å². The Labute approximate surface area is 187 Å². The number of benzene rings is 1. The Balaban J connectivity index is 1.63. The van der Waals surface area contributed by atoms with Crippen molar-refractivity contribution in [3.8, 4) is 10.4 Å². The van der Waals surface area contributed by atoms with Gasteiger partial charge in [-0.05, 0) is 55.2 Å². The van der Waals surface area contributed by atoms with Gasteiger partial charge in [0.15, 0.2) is 0 Å². The van der Waals surface area contributed by atoms with Gasteiger partial charge in [-0.3, -0.25) is 14.4 Å². The number of nitrogens with zero attached hydrogens (tertiary/aromatic N) is 1. The third-order valence-corrected chi connectivity index (χ3v) is 7.24. The van der Waals surface area contributed by atoms with Crippen LogP contribution in [0.1, 0.15) is 38.2 Å². The van der Waals surface area contributed by atoms with Crippen LogP contribution in [0.5, 0.6) is 0 Å². The highest BCUT2D eigenvalue weighted by molar-refractivity contribution is 7.13. The molecule has 1 aromatic heterocycles. The van der Waals surface area contributed by atoms with Gasteiger partial charge in [0.25, 0.3) is 0 Å². The first kappa shape index (κ1) is 21.6. The molecule has 0 radical (unpaired) electrons. The zero-order chi connectivity index (χ0) is 21.8. The molecule has 2 aliphatic heterocycles. The SMILES string of the molecule is CCNC(=O)[C@]1(Cc2ccccc2-c2cccs2)CCCN(C(=O)[C@@H]2CCC(=O)N2)C1. The molecule has 2 saturated heterocycles. The lowest BCUT2D eigenvalue weighted by Gasteiger charge is -2.42. The predicted molar refractivity (Wildman–Crippen MR) is 122 cm³/mol. The monoisotopic (exact) mass is 439 g/mol. The highest BCUT2D eigenvalue weighted by Crippen LogP contribution is 2.38. The average molecular weight is 440 g/mol. The Morgan fingerprint density at radius 3 is 2.81 bits per heavy atom. The molecule has 2 aromatic rings. The van der Waals surface area contributed by atoms with Crippen molar-refractivity contribution >= 4 is 29.1 Å². The van der Waals surface area contributed by atoms with Crippen molar-refractivity contribution in [3.63, 3.8) is 0 Å². The van der Waals surface area contributed by atoms with Gasteiger partial charge in [0.2, 0.25) is 17.7 Å². The summed E-state index contributed by atoms with van der Waals surface area (Å²) in [7, 11) is 0. The third kappa shape index (κ3) is 4.51. The van der Waals surface area contributed by atoms with Crippen molar-refractivity contribution in [1.82, 2.24) is 15.5 Å². The van der Waals surface area contributed by atoms with E-state index in [0.717, 1.165) is 24.0 Å². The number of carbonyl (C=O) groups is 3. The molecule has 2 fully saturated rings. The normalized spacial score (nSPS) is 23.5. The van der Waals surface area contributed by atoms with E-state index in [1.165, 1.54) is 4.88 Å². The molecule has 2 aliphatic rings. The summed E-state index contributed by atoms with van der Waals surface area (Å²) in [6, 6.07) is 11.9. The summed E-state index contributed by atoms with van der Waals surface area (Å²) in [5.41, 5.74) is 1.59. The van der Waals surface area contributed by atoms with Crippen molar-refractivity contribution in [1.29, 1.82) is 0 Å². The van der Waals surface area contributed by atoms with Gasteiger partial charge in [-0.25, -0.2) is 0 Å². The molecule has 7 heteroatoms. The molecule has 0 bridgehead atoms. The smallest absolute Gasteiger partial charge is 0.245 e. The standard InChI is InChI=1S/C24H29N3O3S/c1-2-25-23(30)24(15-17-7-3-4-8-18(17)20-9-5-14-31-20)12-6-13-27(16-24)22(29)19-10-11-21(28)26-19/h3-5,7-9,14,19H,2,6,10-13,15-16H2,1H3,(H,25,30)(H,26,28)/t19-,24-/m0/s1. The fourth-order valence-electron chi connectivity index (χ4n) is 4.81. The molecule has 3 heterocycles. The number of rotatable bonds is 6. The van der Waals surface area contributed by atoms with Crippen LogP contribution in [0.3, 0.4) is 0 Å². The third-order valence-electron chi connectivity index (χ3n) is 6.33. The lowest BCUT2D eigenvalue weighted by atomic mass is 9.73. The maximum atomic E-state index is 13.3. The first-order valence-corrected chi connectivity index (χ1v) is 11.9. The van der Waals surface area contributed by atoms with Crippen molar-refractivity contribution in [2.45, 2.75) is 45.1 Å². The Morgan fingerprint density at radius 2 is 2.10 bits per heavy atom. The van der Waals surface area contributed by atoms with Crippen molar-refractivity contribution in [3.05, 3.63) is 47.3 Å². The average Bonchev–Trinajstić information content (AvgIpc) is 3.46. The van der Waals surface area contributed by atoms with E-state index in [1.807, 2.05) is 25.1 Å². The number of likely N-dealkylation sites (tertiary alicyclic amines) is 1. The van der Waals surface area contributed by atoms with Gasteiger partial charge >= 0.3 is 0 Å². The zero-order valence-electron chi connectivity index (χ0n) is 17.9. The van der Waals surface area contributed by atoms with Gasteiger partial charge < -0.3 is 15.5 Å². The molecular weight excluding hydrogens is 410 g/mol. The molecule has 3 amide bonds. The molecule has 0 spiro atoms. The molecule has 0 saturated carbocycles. The van der Waals surface area contributed by atoms with Crippen LogP contribution in [0.15, 0.2) is 41.8 Å². The van der Waals surface area contributed by atoms with Crippen LogP contribution in [0.4, 0.5) is 0 Å². The van der Waals surface area contributed by atoms with Crippen LogP contribution in [0, 0.1) is 5.41 Å². The van der Waals surface area contributed by atoms with Crippen LogP contribution in [0.2, 0.25) is 0 Å². The van der Waals surface area contributed by atoms with Gasteiger partial charge in [0.05, 0.1) is 5.41 Å². The summed E-state index contributed by atoms with van der Waals surface area (Å²) < 4.78 is 0. The van der Waals surface area contributed by atoms with Crippen molar-refractivity contribution in [2.24, 2.45) is 5.41 Å². The highest BCUT2D eigenvalue weighted by atomic mass is 32.1. The van der Waals surface area contributed by atoms with Gasteiger partial charge in [-0.1, -0.05) is 30.3 Å². The van der Waals surface area contributed by atoms with E-state index < -0.39 is 11.5 Å². The van der Waals surface area contributed by atoms with Crippen LogP contribution in [-0.4, -0.2) is 48.3 Å². The minimum atomic E-state index is -0.681. The maximum Gasteiger partial charge on any atom is 0.245 e. The second-order valence-corrected chi connectivity index (χ2v) is 9.42. The van der Waals surface area contributed by atoms with E-state index in [1.54, 1.807) is 16.2 Å². The predicted octanol–water partition coefficient (Wildman–Crippen LogP) is 2.98. The summed E-state index contributed by atoms with van der Waals surface area (Å²) in [5, 5.41) is 7.86. The molecule has 1 aromatic carbocycles. The lowest BCUT2D eigenvalue weighted by Crippen LogP contribution is -2.57. The summed E-state index contributed by atoms with van der Waals surface area (Å²) in [6.45, 7) is 3.48. The first-order valence-electron chi connectivity index (χ1n) is 11.0. The van der Waals surface area contributed by atoms with Crippen LogP contribution in [-0.2, 0) is 20.8 Å². The largest absolute Gasteiger partial charge is 0.356 e. The van der Waals surface area contributed by atoms with E-state index >= 15 is 0 Å². The fraction of sp³-hybridized carbons (Fsp3) is 0.458. The van der Waals surface area contributed by atoms with Gasteiger partial charge in [-0.15, -0.1) is 11.3 Å². The minimum Gasteiger partial charge on any atom is -0.356 e. The van der Waals surface area contributed by atoms with E-state index in [-0.39, 0.29) is 17.7 Å². The van der Waals surface area contributed by atoms with Crippen molar-refractivity contribution in [2.75, 3.05) is 19.6 Å². The highest BCUT2D eigenvalue weighted by Gasteiger charge is 2.45. The quantitative estimate of drug-likeness (QED) is 0.726. The second kappa shape index (κ2) is 9.22. The van der Waals surface area contributed by atoms with Gasteiger partial charge in [-0.2, -0.15) is 0 Å². The molecular formula is C24H29N3O3S. The van der Waals surface area contributed by atoms with E-state index in [4.69, 9.17) is 0 Å². The zero-order valence-corrected chi connectivity index (χ0v) is 18.7. The van der Waals surface area contributed by atoms with Crippen LogP contribution < -0.4 is 10.6 Å². The molecule has 4 rings (SSSR count). The molecule has 31 heavy (non-hydrogen) atoms. The minimum absolute atomic E-state index is 0.00365. The summed E-state index contributed by atoms with van der Waals surface area (Å²) in [4.78, 5) is 41.0. The second-order valence-electron chi connectivity index (χ2n) is 8.47. The van der Waals surface area contributed by atoms with Gasteiger partial charge in [0.1, 0.15) is 6.04 Å². The van der Waals surface area contributed by atoms with Crippen molar-refractivity contribution < 1.29 is 14.4 Å². The van der Waals surface area contributed by atoms with E-state index in [9.17, 15) is 14.4 Å². The summed E-state index contributed by atoms with van der Waals surface area (Å²) >= 11 is 1.69. The Kier molecular flexibility index (Phi) is 6.41. The van der Waals surface area contributed by atoms with Crippen LogP contribution in [0.25, 0.3) is 10.4 Å².